The van der Waals surface area contributed by atoms with E-state index < -0.39 is 6.03 Å². The first-order valence-corrected chi connectivity index (χ1v) is 8.00. The van der Waals surface area contributed by atoms with E-state index in [0.717, 1.165) is 29.0 Å². The quantitative estimate of drug-likeness (QED) is 0.805. The molecule has 0 fully saturated rings. The molecule has 23 heavy (non-hydrogen) atoms. The molecule has 2 aromatic rings. The fraction of sp³-hybridized carbons (Fsp3) is 0.267. The molecule has 0 unspecified atom stereocenters. The van der Waals surface area contributed by atoms with Gasteiger partial charge in [0.05, 0.1) is 5.69 Å². The van der Waals surface area contributed by atoms with Gasteiger partial charge in [0, 0.05) is 13.1 Å². The lowest BCUT2D eigenvalue weighted by Crippen LogP contribution is -2.28. The maximum Gasteiger partial charge on any atom is 0.321 e. The summed E-state index contributed by atoms with van der Waals surface area (Å²) in [5, 5.41) is 8.47. The van der Waals surface area contributed by atoms with Crippen LogP contribution in [0.3, 0.4) is 0 Å². The minimum Gasteiger partial charge on any atom is -0.351 e. The van der Waals surface area contributed by atoms with Crippen molar-refractivity contribution in [3.05, 3.63) is 46.2 Å². The zero-order chi connectivity index (χ0) is 16.2. The smallest absolute Gasteiger partial charge is 0.321 e. The second-order valence-corrected chi connectivity index (χ2v) is 6.09. The Morgan fingerprint density at radius 1 is 1.35 bits per heavy atom. The van der Waals surface area contributed by atoms with E-state index in [0.29, 0.717) is 23.0 Å². The molecule has 0 saturated heterocycles. The van der Waals surface area contributed by atoms with Gasteiger partial charge in [-0.3, -0.25) is 10.1 Å². The number of urea groups is 1. The summed E-state index contributed by atoms with van der Waals surface area (Å²) in [7, 11) is 0. The normalized spacial score (nSPS) is 13.7. The number of carbonyl (C=O) groups excluding carboxylic acids is 2. The van der Waals surface area contributed by atoms with E-state index in [1.165, 1.54) is 12.1 Å². The second kappa shape index (κ2) is 6.74. The van der Waals surface area contributed by atoms with E-state index in [-0.39, 0.29) is 18.3 Å². The maximum atomic E-state index is 12.8. The molecule has 120 valence electrons. The molecule has 0 aliphatic carbocycles. The van der Waals surface area contributed by atoms with Crippen LogP contribution in [0.4, 0.5) is 14.3 Å². The fourth-order valence-electron chi connectivity index (χ4n) is 2.22. The molecule has 1 aliphatic rings. The van der Waals surface area contributed by atoms with Gasteiger partial charge in [0.2, 0.25) is 0 Å². The molecule has 3 rings (SSSR count). The number of amides is 3. The number of carbonyl (C=O) groups is 2. The SMILES string of the molecule is O=C(NCc1ccc(F)cc1)Nc1nc2c(s1)C(=O)NCCC2. The zero-order valence-electron chi connectivity index (χ0n) is 12.2. The van der Waals surface area contributed by atoms with Crippen LogP contribution in [0.1, 0.15) is 27.3 Å². The van der Waals surface area contributed by atoms with Crippen molar-refractivity contribution in [3.63, 3.8) is 0 Å². The van der Waals surface area contributed by atoms with Gasteiger partial charge >= 0.3 is 6.03 Å². The third-order valence-electron chi connectivity index (χ3n) is 3.37. The van der Waals surface area contributed by atoms with Crippen LogP contribution in [0, 0.1) is 5.82 Å². The van der Waals surface area contributed by atoms with E-state index in [2.05, 4.69) is 20.9 Å². The van der Waals surface area contributed by atoms with Crippen molar-refractivity contribution in [2.75, 3.05) is 11.9 Å². The van der Waals surface area contributed by atoms with Crippen LogP contribution in [0.15, 0.2) is 24.3 Å². The average Bonchev–Trinajstić information content (AvgIpc) is 2.86. The number of aryl methyl sites for hydroxylation is 1. The first-order valence-electron chi connectivity index (χ1n) is 7.19. The van der Waals surface area contributed by atoms with Crippen LogP contribution in [-0.2, 0) is 13.0 Å². The van der Waals surface area contributed by atoms with Gasteiger partial charge in [0.15, 0.2) is 5.13 Å². The van der Waals surface area contributed by atoms with Gasteiger partial charge in [-0.1, -0.05) is 23.5 Å². The number of halogens is 1. The molecule has 3 N–H and O–H groups in total. The van der Waals surface area contributed by atoms with E-state index in [4.69, 9.17) is 0 Å². The summed E-state index contributed by atoms with van der Waals surface area (Å²) in [6.45, 7) is 0.917. The number of thiazole rings is 1. The number of hydrogen-bond donors (Lipinski definition) is 3. The highest BCUT2D eigenvalue weighted by atomic mass is 32.1. The van der Waals surface area contributed by atoms with E-state index >= 15 is 0 Å². The minimum absolute atomic E-state index is 0.144. The van der Waals surface area contributed by atoms with E-state index in [1.54, 1.807) is 12.1 Å². The molecule has 0 bridgehead atoms. The van der Waals surface area contributed by atoms with Crippen molar-refractivity contribution >= 4 is 28.4 Å². The maximum absolute atomic E-state index is 12.8. The lowest BCUT2D eigenvalue weighted by Gasteiger charge is -2.05. The molecule has 6 nitrogen and oxygen atoms in total. The molecular formula is C15H15FN4O2S. The summed E-state index contributed by atoms with van der Waals surface area (Å²) in [6.07, 6.45) is 1.54. The Bertz CT molecular complexity index is 730. The van der Waals surface area contributed by atoms with Crippen LogP contribution in [0.25, 0.3) is 0 Å². The van der Waals surface area contributed by atoms with Crippen molar-refractivity contribution < 1.29 is 14.0 Å². The van der Waals surface area contributed by atoms with Crippen LogP contribution >= 0.6 is 11.3 Å². The van der Waals surface area contributed by atoms with Gasteiger partial charge in [0.1, 0.15) is 10.7 Å². The zero-order valence-corrected chi connectivity index (χ0v) is 13.0. The Morgan fingerprint density at radius 3 is 2.91 bits per heavy atom. The Hall–Kier alpha value is -2.48. The first-order chi connectivity index (χ1) is 11.1. The molecule has 2 heterocycles. The number of anilines is 1. The van der Waals surface area contributed by atoms with Gasteiger partial charge in [0.25, 0.3) is 5.91 Å². The van der Waals surface area contributed by atoms with Gasteiger partial charge < -0.3 is 10.6 Å². The molecule has 0 spiro atoms. The number of hydrogen-bond acceptors (Lipinski definition) is 4. The summed E-state index contributed by atoms with van der Waals surface area (Å²) < 4.78 is 12.8. The Kier molecular flexibility index (Phi) is 4.52. The highest BCUT2D eigenvalue weighted by Crippen LogP contribution is 2.25. The van der Waals surface area contributed by atoms with Crippen molar-refractivity contribution in [2.24, 2.45) is 0 Å². The Labute approximate surface area is 136 Å². The number of benzene rings is 1. The molecule has 1 aromatic heterocycles. The molecule has 8 heteroatoms. The van der Waals surface area contributed by atoms with E-state index in [9.17, 15) is 14.0 Å². The summed E-state index contributed by atoms with van der Waals surface area (Å²) in [6, 6.07) is 5.46. The molecule has 1 aromatic carbocycles. The van der Waals surface area contributed by atoms with E-state index in [1.807, 2.05) is 0 Å². The molecule has 0 radical (unpaired) electrons. The average molecular weight is 334 g/mol. The standard InChI is InChI=1S/C15H15FN4O2S/c16-10-5-3-9(4-6-10)8-18-14(22)20-15-19-11-2-1-7-17-13(21)12(11)23-15/h3-6H,1-2,7-8H2,(H,17,21)(H2,18,19,20,22). The molecule has 3 amide bonds. The first kappa shape index (κ1) is 15.4. The van der Waals surface area contributed by atoms with Crippen molar-refractivity contribution in [2.45, 2.75) is 19.4 Å². The highest BCUT2D eigenvalue weighted by Gasteiger charge is 2.21. The molecule has 1 aliphatic heterocycles. The largest absolute Gasteiger partial charge is 0.351 e. The van der Waals surface area contributed by atoms with Crippen molar-refractivity contribution in [1.82, 2.24) is 15.6 Å². The predicted molar refractivity (Wildman–Crippen MR) is 85.0 cm³/mol. The van der Waals surface area contributed by atoms with Crippen LogP contribution < -0.4 is 16.0 Å². The van der Waals surface area contributed by atoms with Crippen LogP contribution in [0.2, 0.25) is 0 Å². The highest BCUT2D eigenvalue weighted by molar-refractivity contribution is 7.17. The number of nitrogens with zero attached hydrogens (tertiary/aromatic N) is 1. The third kappa shape index (κ3) is 3.84. The topological polar surface area (TPSA) is 83.1 Å². The molecular weight excluding hydrogens is 319 g/mol. The van der Waals surface area contributed by atoms with Gasteiger partial charge in [-0.15, -0.1) is 0 Å². The predicted octanol–water partition coefficient (Wildman–Crippen LogP) is 2.28. The van der Waals surface area contributed by atoms with Gasteiger partial charge in [-0.05, 0) is 30.5 Å². The summed E-state index contributed by atoms with van der Waals surface area (Å²) in [4.78, 5) is 28.6. The fourth-order valence-corrected chi connectivity index (χ4v) is 3.14. The number of rotatable bonds is 3. The Balaban J connectivity index is 1.59. The minimum atomic E-state index is -0.418. The van der Waals surface area contributed by atoms with Gasteiger partial charge in [-0.2, -0.15) is 0 Å². The van der Waals surface area contributed by atoms with Crippen molar-refractivity contribution in [1.29, 1.82) is 0 Å². The number of fused-ring (bicyclic) bond motifs is 1. The lowest BCUT2D eigenvalue weighted by atomic mass is 10.2. The van der Waals surface area contributed by atoms with Crippen LogP contribution in [0.5, 0.6) is 0 Å². The number of nitrogens with one attached hydrogen (secondary N) is 3. The molecule has 0 saturated carbocycles. The summed E-state index contributed by atoms with van der Waals surface area (Å²) in [5.41, 5.74) is 1.51. The summed E-state index contributed by atoms with van der Waals surface area (Å²) in [5.74, 6) is -0.462. The monoisotopic (exact) mass is 334 g/mol. The number of aromatic nitrogens is 1. The molecule has 0 atom stereocenters. The second-order valence-electron chi connectivity index (χ2n) is 5.09. The van der Waals surface area contributed by atoms with Gasteiger partial charge in [-0.25, -0.2) is 14.2 Å². The summed E-state index contributed by atoms with van der Waals surface area (Å²) >= 11 is 1.16. The third-order valence-corrected chi connectivity index (χ3v) is 4.38. The Morgan fingerprint density at radius 2 is 2.13 bits per heavy atom. The lowest BCUT2D eigenvalue weighted by molar-refractivity contribution is 0.0960. The van der Waals surface area contributed by atoms with Crippen LogP contribution in [-0.4, -0.2) is 23.5 Å². The van der Waals surface area contributed by atoms with Crippen molar-refractivity contribution in [3.8, 4) is 0 Å².